The molecule has 0 unspecified atom stereocenters. The first-order valence-corrected chi connectivity index (χ1v) is 16.7. The third-order valence-electron chi connectivity index (χ3n) is 8.68. The zero-order valence-electron chi connectivity index (χ0n) is 29.3. The molecular weight excluding hydrogens is 536 g/mol. The lowest BCUT2D eigenvalue weighted by Crippen LogP contribution is -2.21. The number of rotatable bonds is 17. The molecule has 1 aromatic carbocycles. The SMILES string of the molecule is CC(C)=CCC/C(C)=C/CC/C(C)=C/CC/C(C)=C/CC/C(C)=C/CC/C(C)=C/CC1=C(C)C(=O)c2cccc(C)c2C1=O. The number of Topliss-reactive ketones (excluding diaryl/α,β-unsaturated/α-hetero) is 2. The normalized spacial score (nSPS) is 15.2. The first-order valence-electron chi connectivity index (χ1n) is 16.7. The van der Waals surface area contributed by atoms with E-state index in [0.717, 1.165) is 63.4 Å². The van der Waals surface area contributed by atoms with Gasteiger partial charge < -0.3 is 0 Å². The molecule has 1 aromatic rings. The Labute approximate surface area is 269 Å². The van der Waals surface area contributed by atoms with Crippen molar-refractivity contribution in [2.24, 2.45) is 0 Å². The van der Waals surface area contributed by atoms with Crippen LogP contribution in [0.15, 0.2) is 99.2 Å². The number of aryl methyl sites for hydroxylation is 1. The average Bonchev–Trinajstić information content (AvgIpc) is 2.95. The van der Waals surface area contributed by atoms with Crippen molar-refractivity contribution in [3.63, 3.8) is 0 Å². The molecule has 0 N–H and O–H groups in total. The van der Waals surface area contributed by atoms with Crippen molar-refractivity contribution < 1.29 is 9.59 Å². The predicted molar refractivity (Wildman–Crippen MR) is 192 cm³/mol. The van der Waals surface area contributed by atoms with Gasteiger partial charge in [-0.3, -0.25) is 9.59 Å². The van der Waals surface area contributed by atoms with Gasteiger partial charge in [-0.1, -0.05) is 88.1 Å². The third kappa shape index (κ3) is 12.8. The highest BCUT2D eigenvalue weighted by Crippen LogP contribution is 2.30. The van der Waals surface area contributed by atoms with Gasteiger partial charge in [0, 0.05) is 22.3 Å². The molecule has 0 aromatic heterocycles. The Kier molecular flexibility index (Phi) is 16.1. The van der Waals surface area contributed by atoms with E-state index in [1.54, 1.807) is 13.0 Å². The molecule has 1 aliphatic rings. The Balaban J connectivity index is 1.71. The van der Waals surface area contributed by atoms with Gasteiger partial charge >= 0.3 is 0 Å². The van der Waals surface area contributed by atoms with E-state index in [4.69, 9.17) is 0 Å². The van der Waals surface area contributed by atoms with Crippen molar-refractivity contribution in [2.45, 2.75) is 133 Å². The summed E-state index contributed by atoms with van der Waals surface area (Å²) in [5.74, 6) is -0.00703. The van der Waals surface area contributed by atoms with Crippen LogP contribution in [0.4, 0.5) is 0 Å². The number of carbonyl (C=O) groups excluding carboxylic acids is 2. The predicted octanol–water partition coefficient (Wildman–Crippen LogP) is 12.7. The van der Waals surface area contributed by atoms with Gasteiger partial charge in [-0.25, -0.2) is 0 Å². The van der Waals surface area contributed by atoms with Crippen molar-refractivity contribution in [3.8, 4) is 0 Å². The van der Waals surface area contributed by atoms with Crippen LogP contribution >= 0.6 is 0 Å². The summed E-state index contributed by atoms with van der Waals surface area (Å²) in [6, 6.07) is 5.53. The molecule has 0 heterocycles. The van der Waals surface area contributed by atoms with E-state index in [1.807, 2.05) is 19.1 Å². The van der Waals surface area contributed by atoms with Gasteiger partial charge in [-0.05, 0) is 139 Å². The minimum absolute atomic E-state index is 0.00809. The van der Waals surface area contributed by atoms with E-state index in [1.165, 1.54) is 39.9 Å². The number of fused-ring (bicyclic) bond motifs is 1. The summed E-state index contributed by atoms with van der Waals surface area (Å²) in [7, 11) is 0. The highest BCUT2D eigenvalue weighted by Gasteiger charge is 2.30. The summed E-state index contributed by atoms with van der Waals surface area (Å²) in [5, 5.41) is 0. The zero-order chi connectivity index (χ0) is 32.6. The van der Waals surface area contributed by atoms with Crippen molar-refractivity contribution in [1.29, 1.82) is 0 Å². The van der Waals surface area contributed by atoms with Crippen LogP contribution < -0.4 is 0 Å². The summed E-state index contributed by atoms with van der Waals surface area (Å²) >= 11 is 0. The lowest BCUT2D eigenvalue weighted by atomic mass is 9.81. The first kappa shape index (κ1) is 36.9. The minimum Gasteiger partial charge on any atom is -0.289 e. The van der Waals surface area contributed by atoms with Crippen LogP contribution in [0, 0.1) is 6.92 Å². The van der Waals surface area contributed by atoms with Crippen LogP contribution in [0.5, 0.6) is 0 Å². The first-order chi connectivity index (χ1) is 20.9. The Morgan fingerprint density at radius 1 is 0.545 bits per heavy atom. The molecule has 0 saturated carbocycles. The number of hydrogen-bond donors (Lipinski definition) is 0. The molecule has 2 heteroatoms. The second-order valence-electron chi connectivity index (χ2n) is 13.2. The molecule has 238 valence electrons. The van der Waals surface area contributed by atoms with E-state index in [-0.39, 0.29) is 11.6 Å². The Morgan fingerprint density at radius 3 is 1.39 bits per heavy atom. The Bertz CT molecular complexity index is 1380. The zero-order valence-corrected chi connectivity index (χ0v) is 29.3. The molecule has 2 rings (SSSR count). The molecule has 0 bridgehead atoms. The summed E-state index contributed by atoms with van der Waals surface area (Å²) < 4.78 is 0. The molecule has 0 atom stereocenters. The number of carbonyl (C=O) groups is 2. The van der Waals surface area contributed by atoms with Gasteiger partial charge in [0.15, 0.2) is 11.6 Å². The highest BCUT2D eigenvalue weighted by atomic mass is 16.1. The lowest BCUT2D eigenvalue weighted by Gasteiger charge is -2.20. The number of benzene rings is 1. The fourth-order valence-corrected chi connectivity index (χ4v) is 5.62. The van der Waals surface area contributed by atoms with Crippen LogP contribution in [0.2, 0.25) is 0 Å². The van der Waals surface area contributed by atoms with E-state index in [9.17, 15) is 9.59 Å². The van der Waals surface area contributed by atoms with Crippen LogP contribution in [-0.2, 0) is 0 Å². The molecule has 0 fully saturated rings. The standard InChI is InChI=1S/C42H58O2/c1-30(2)16-10-17-31(3)18-11-19-32(4)20-12-21-33(5)22-13-23-34(6)24-14-25-35(7)28-29-38-37(9)41(43)39-27-15-26-36(8)40(39)42(38)44/h15-16,18,20,22,24,26-28H,10-14,17,19,21,23,25,29H2,1-9H3/b31-18+,32-20+,33-22+,34-24+,35-28+. The molecule has 0 amide bonds. The molecule has 0 radical (unpaired) electrons. The van der Waals surface area contributed by atoms with Gasteiger partial charge in [-0.2, -0.15) is 0 Å². The van der Waals surface area contributed by atoms with Gasteiger partial charge in [0.25, 0.3) is 0 Å². The van der Waals surface area contributed by atoms with Crippen LogP contribution in [-0.4, -0.2) is 11.6 Å². The maximum absolute atomic E-state index is 13.2. The smallest absolute Gasteiger partial charge is 0.190 e. The molecule has 44 heavy (non-hydrogen) atoms. The summed E-state index contributed by atoms with van der Waals surface area (Å²) in [6.45, 7) is 19.2. The monoisotopic (exact) mass is 594 g/mol. The Morgan fingerprint density at radius 2 is 0.955 bits per heavy atom. The largest absolute Gasteiger partial charge is 0.289 e. The second-order valence-corrected chi connectivity index (χ2v) is 13.2. The molecular formula is C42H58O2. The number of allylic oxidation sites excluding steroid dienone is 14. The third-order valence-corrected chi connectivity index (χ3v) is 8.68. The van der Waals surface area contributed by atoms with Crippen LogP contribution in [0.3, 0.4) is 0 Å². The van der Waals surface area contributed by atoms with E-state index in [0.29, 0.717) is 28.7 Å². The summed E-state index contributed by atoms with van der Waals surface area (Å²) in [5.41, 5.74) is 11.8. The van der Waals surface area contributed by atoms with Crippen molar-refractivity contribution in [2.75, 3.05) is 0 Å². The van der Waals surface area contributed by atoms with Crippen LogP contribution in [0.25, 0.3) is 0 Å². The van der Waals surface area contributed by atoms with E-state index in [2.05, 4.69) is 84.9 Å². The van der Waals surface area contributed by atoms with E-state index >= 15 is 0 Å². The molecule has 0 aliphatic heterocycles. The van der Waals surface area contributed by atoms with Crippen molar-refractivity contribution in [1.82, 2.24) is 0 Å². The average molecular weight is 595 g/mol. The minimum atomic E-state index is -0.0151. The highest BCUT2D eigenvalue weighted by molar-refractivity contribution is 6.27. The Hall–Kier alpha value is -3.26. The van der Waals surface area contributed by atoms with Gasteiger partial charge in [0.1, 0.15) is 0 Å². The van der Waals surface area contributed by atoms with Gasteiger partial charge in [0.2, 0.25) is 0 Å². The molecule has 2 nitrogen and oxygen atoms in total. The van der Waals surface area contributed by atoms with Crippen molar-refractivity contribution >= 4 is 11.6 Å². The fraction of sp³-hybridized carbons (Fsp3) is 0.476. The quantitative estimate of drug-likeness (QED) is 0.168. The maximum atomic E-state index is 13.2. The second kappa shape index (κ2) is 19.2. The van der Waals surface area contributed by atoms with Gasteiger partial charge in [0.05, 0.1) is 0 Å². The molecule has 0 saturated heterocycles. The maximum Gasteiger partial charge on any atom is 0.190 e. The number of hydrogen-bond acceptors (Lipinski definition) is 2. The molecule has 1 aliphatic carbocycles. The van der Waals surface area contributed by atoms with E-state index < -0.39 is 0 Å². The lowest BCUT2D eigenvalue weighted by molar-refractivity contribution is 0.0972. The van der Waals surface area contributed by atoms with Crippen molar-refractivity contribution in [3.05, 3.63) is 116 Å². The summed E-state index contributed by atoms with van der Waals surface area (Å²) in [6.07, 6.45) is 25.6. The van der Waals surface area contributed by atoms with Crippen LogP contribution in [0.1, 0.15) is 152 Å². The molecule has 0 spiro atoms. The summed E-state index contributed by atoms with van der Waals surface area (Å²) in [4.78, 5) is 26.1. The fourth-order valence-electron chi connectivity index (χ4n) is 5.62. The topological polar surface area (TPSA) is 34.1 Å². The van der Waals surface area contributed by atoms with Gasteiger partial charge in [-0.15, -0.1) is 0 Å². The number of ketones is 2.